The highest BCUT2D eigenvalue weighted by atomic mass is 35.5. The number of thiophene rings is 1. The average molecular weight is 393 g/mol. The first-order valence-corrected chi connectivity index (χ1v) is 9.78. The Labute approximate surface area is 159 Å². The zero-order chi connectivity index (χ0) is 17.8. The minimum absolute atomic E-state index is 0.189. The van der Waals surface area contributed by atoms with Gasteiger partial charge in [-0.15, -0.1) is 22.7 Å². The summed E-state index contributed by atoms with van der Waals surface area (Å²) >= 11 is 9.41. The van der Waals surface area contributed by atoms with Crippen LogP contribution in [0.5, 0.6) is 5.75 Å². The minimum atomic E-state index is -0.189. The average Bonchev–Trinajstić information content (AvgIpc) is 3.23. The number of nitrogens with one attached hydrogen (secondary N) is 1. The van der Waals surface area contributed by atoms with Crippen LogP contribution in [0.25, 0.3) is 10.6 Å². The van der Waals surface area contributed by atoms with Crippen molar-refractivity contribution in [3.8, 4) is 16.3 Å². The summed E-state index contributed by atoms with van der Waals surface area (Å²) in [6, 6.07) is 9.30. The molecule has 25 heavy (non-hydrogen) atoms. The molecule has 0 aliphatic carbocycles. The number of rotatable bonds is 6. The van der Waals surface area contributed by atoms with E-state index < -0.39 is 0 Å². The molecule has 3 rings (SSSR count). The van der Waals surface area contributed by atoms with Gasteiger partial charge in [-0.25, -0.2) is 4.98 Å². The predicted octanol–water partition coefficient (Wildman–Crippen LogP) is 4.81. The van der Waals surface area contributed by atoms with E-state index in [0.717, 1.165) is 22.0 Å². The highest BCUT2D eigenvalue weighted by Gasteiger charge is 2.14. The van der Waals surface area contributed by atoms with Gasteiger partial charge in [0.15, 0.2) is 0 Å². The van der Waals surface area contributed by atoms with Crippen LogP contribution in [0.15, 0.2) is 35.7 Å². The topological polar surface area (TPSA) is 51.2 Å². The van der Waals surface area contributed by atoms with E-state index in [1.54, 1.807) is 40.9 Å². The monoisotopic (exact) mass is 392 g/mol. The first kappa shape index (κ1) is 17.9. The number of carbonyl (C=O) groups is 1. The summed E-state index contributed by atoms with van der Waals surface area (Å²) < 4.78 is 5.22. The molecule has 0 fully saturated rings. The number of halogens is 1. The van der Waals surface area contributed by atoms with E-state index in [-0.39, 0.29) is 5.91 Å². The second kappa shape index (κ2) is 7.99. The van der Waals surface area contributed by atoms with Crippen molar-refractivity contribution < 1.29 is 9.53 Å². The maximum Gasteiger partial charge on any atom is 0.255 e. The summed E-state index contributed by atoms with van der Waals surface area (Å²) in [5, 5.41) is 6.48. The number of thiazole rings is 1. The van der Waals surface area contributed by atoms with Crippen molar-refractivity contribution in [2.24, 2.45) is 0 Å². The van der Waals surface area contributed by atoms with E-state index in [0.29, 0.717) is 22.9 Å². The molecule has 0 radical (unpaired) electrons. The van der Waals surface area contributed by atoms with E-state index in [1.165, 1.54) is 12.0 Å². The number of benzene rings is 1. The third-order valence-electron chi connectivity index (χ3n) is 3.61. The van der Waals surface area contributed by atoms with Gasteiger partial charge in [0.1, 0.15) is 5.75 Å². The van der Waals surface area contributed by atoms with Crippen LogP contribution in [-0.4, -0.2) is 24.5 Å². The number of aryl methyl sites for hydroxylation is 1. The van der Waals surface area contributed by atoms with Crippen LogP contribution in [-0.2, 0) is 6.42 Å². The maximum atomic E-state index is 12.3. The molecule has 1 N–H and O–H groups in total. The molecule has 4 nitrogen and oxygen atoms in total. The minimum Gasteiger partial charge on any atom is -0.494 e. The largest absolute Gasteiger partial charge is 0.494 e. The van der Waals surface area contributed by atoms with Crippen LogP contribution in [0, 0.1) is 6.92 Å². The Hall–Kier alpha value is -1.89. The van der Waals surface area contributed by atoms with Crippen LogP contribution < -0.4 is 10.1 Å². The van der Waals surface area contributed by atoms with E-state index in [2.05, 4.69) is 27.8 Å². The molecule has 0 aliphatic rings. The number of hydrogen-bond acceptors (Lipinski definition) is 5. The van der Waals surface area contributed by atoms with Crippen molar-refractivity contribution in [2.45, 2.75) is 13.3 Å². The van der Waals surface area contributed by atoms with Crippen LogP contribution in [0.3, 0.4) is 0 Å². The molecule has 0 unspecified atom stereocenters. The normalized spacial score (nSPS) is 10.7. The molecular weight excluding hydrogens is 376 g/mol. The van der Waals surface area contributed by atoms with Crippen molar-refractivity contribution >= 4 is 40.2 Å². The summed E-state index contributed by atoms with van der Waals surface area (Å²) in [6.45, 7) is 2.55. The zero-order valence-corrected chi connectivity index (χ0v) is 16.2. The summed E-state index contributed by atoms with van der Waals surface area (Å²) in [6.07, 6.45) is 0.766. The van der Waals surface area contributed by atoms with Gasteiger partial charge < -0.3 is 10.1 Å². The predicted molar refractivity (Wildman–Crippen MR) is 104 cm³/mol. The van der Waals surface area contributed by atoms with Crippen LogP contribution in [0.1, 0.15) is 20.2 Å². The Bertz CT molecular complexity index is 889. The number of aromatic nitrogens is 1. The van der Waals surface area contributed by atoms with E-state index in [1.807, 2.05) is 6.92 Å². The third-order valence-corrected chi connectivity index (χ3v) is 5.84. The number of ether oxygens (including phenoxy) is 1. The van der Waals surface area contributed by atoms with Gasteiger partial charge in [0.25, 0.3) is 5.91 Å². The molecule has 0 saturated carbocycles. The molecule has 0 bridgehead atoms. The van der Waals surface area contributed by atoms with E-state index in [9.17, 15) is 4.79 Å². The van der Waals surface area contributed by atoms with Crippen molar-refractivity contribution in [1.82, 2.24) is 10.3 Å². The smallest absolute Gasteiger partial charge is 0.255 e. The summed E-state index contributed by atoms with van der Waals surface area (Å²) in [5.74, 6) is 0.213. The second-order valence-corrected chi connectivity index (χ2v) is 7.98. The van der Waals surface area contributed by atoms with Crippen molar-refractivity contribution in [3.63, 3.8) is 0 Å². The van der Waals surface area contributed by atoms with Gasteiger partial charge in [0, 0.05) is 16.8 Å². The highest BCUT2D eigenvalue weighted by molar-refractivity contribution is 7.16. The number of amides is 1. The molecule has 2 aromatic heterocycles. The van der Waals surface area contributed by atoms with Gasteiger partial charge in [-0.3, -0.25) is 4.79 Å². The Morgan fingerprint density at radius 2 is 2.16 bits per heavy atom. The standard InChI is InChI=1S/C18H17ClN2O2S2/c1-11-21-15(10-24-11)16-7-6-12(25-16)8-9-20-18(22)13-4-3-5-14(19)17(13)23-2/h3-7,10H,8-9H2,1-2H3,(H,20,22). The molecule has 1 aromatic carbocycles. The molecule has 0 aliphatic heterocycles. The van der Waals surface area contributed by atoms with E-state index >= 15 is 0 Å². The number of hydrogen-bond donors (Lipinski definition) is 1. The maximum absolute atomic E-state index is 12.3. The van der Waals surface area contributed by atoms with Crippen molar-refractivity contribution in [1.29, 1.82) is 0 Å². The summed E-state index contributed by atoms with van der Waals surface area (Å²) in [5.41, 5.74) is 1.46. The Kier molecular flexibility index (Phi) is 5.73. The van der Waals surface area contributed by atoms with Crippen molar-refractivity contribution in [3.05, 3.63) is 56.2 Å². The SMILES string of the molecule is COc1c(Cl)cccc1C(=O)NCCc1ccc(-c2csc(C)n2)s1. The fraction of sp³-hybridized carbons (Fsp3) is 0.222. The highest BCUT2D eigenvalue weighted by Crippen LogP contribution is 2.30. The Morgan fingerprint density at radius 1 is 1.32 bits per heavy atom. The van der Waals surface area contributed by atoms with Gasteiger partial charge >= 0.3 is 0 Å². The lowest BCUT2D eigenvalue weighted by atomic mass is 10.2. The molecule has 130 valence electrons. The summed E-state index contributed by atoms with van der Waals surface area (Å²) in [4.78, 5) is 19.2. The quantitative estimate of drug-likeness (QED) is 0.654. The molecule has 0 spiro atoms. The molecule has 2 heterocycles. The Balaban J connectivity index is 1.59. The molecule has 0 atom stereocenters. The molecule has 1 amide bonds. The lowest BCUT2D eigenvalue weighted by Crippen LogP contribution is -2.26. The van der Waals surface area contributed by atoms with Gasteiger partial charge in [0.2, 0.25) is 0 Å². The zero-order valence-electron chi connectivity index (χ0n) is 13.8. The Morgan fingerprint density at radius 3 is 2.88 bits per heavy atom. The number of nitrogens with zero attached hydrogens (tertiary/aromatic N) is 1. The fourth-order valence-corrected chi connectivity index (χ4v) is 4.32. The van der Waals surface area contributed by atoms with Crippen molar-refractivity contribution in [2.75, 3.05) is 13.7 Å². The van der Waals surface area contributed by atoms with Crippen LogP contribution in [0.4, 0.5) is 0 Å². The van der Waals surface area contributed by atoms with Gasteiger partial charge in [-0.1, -0.05) is 17.7 Å². The summed E-state index contributed by atoms with van der Waals surface area (Å²) in [7, 11) is 1.51. The molecule has 7 heteroatoms. The van der Waals surface area contributed by atoms with E-state index in [4.69, 9.17) is 16.3 Å². The van der Waals surface area contributed by atoms with Gasteiger partial charge in [-0.2, -0.15) is 0 Å². The van der Waals surface area contributed by atoms with Gasteiger partial charge in [0.05, 0.1) is 33.3 Å². The second-order valence-electron chi connectivity index (χ2n) is 5.34. The number of para-hydroxylation sites is 1. The molecular formula is C18H17ClN2O2S2. The number of methoxy groups -OCH3 is 1. The van der Waals surface area contributed by atoms with Crippen LogP contribution in [0.2, 0.25) is 5.02 Å². The lowest BCUT2D eigenvalue weighted by molar-refractivity contribution is 0.0951. The first-order valence-electron chi connectivity index (χ1n) is 7.70. The number of carbonyl (C=O) groups excluding carboxylic acids is 1. The first-order chi connectivity index (χ1) is 12.1. The van der Waals surface area contributed by atoms with Gasteiger partial charge in [-0.05, 0) is 37.6 Å². The lowest BCUT2D eigenvalue weighted by Gasteiger charge is -2.10. The third kappa shape index (κ3) is 4.21. The molecule has 0 saturated heterocycles. The molecule has 3 aromatic rings. The van der Waals surface area contributed by atoms with Crippen LogP contribution >= 0.6 is 34.3 Å². The fourth-order valence-electron chi connectivity index (χ4n) is 2.42.